The summed E-state index contributed by atoms with van der Waals surface area (Å²) >= 11 is 6.38. The number of hydrogen-bond donors (Lipinski definition) is 0. The number of ether oxygens (including phenoxy) is 1. The fraction of sp³-hybridized carbons (Fsp3) is 0.600. The van der Waals surface area contributed by atoms with Gasteiger partial charge in [-0.3, -0.25) is 4.90 Å². The van der Waals surface area contributed by atoms with Gasteiger partial charge in [0, 0.05) is 12.1 Å². The quantitative estimate of drug-likeness (QED) is 0.765. The van der Waals surface area contributed by atoms with Gasteiger partial charge in [-0.15, -0.1) is 0 Å². The van der Waals surface area contributed by atoms with Gasteiger partial charge in [0.25, 0.3) is 0 Å². The fourth-order valence-electron chi connectivity index (χ4n) is 2.70. The molecule has 0 unspecified atom stereocenters. The third kappa shape index (κ3) is 1.92. The van der Waals surface area contributed by atoms with Gasteiger partial charge in [-0.2, -0.15) is 0 Å². The van der Waals surface area contributed by atoms with Crippen molar-refractivity contribution in [1.29, 1.82) is 0 Å². The largest absolute Gasteiger partial charge is 0.490 e. The lowest BCUT2D eigenvalue weighted by Gasteiger charge is -2.23. The summed E-state index contributed by atoms with van der Waals surface area (Å²) in [7, 11) is 2.20. The molecule has 0 atom stereocenters. The molecule has 1 aromatic rings. The van der Waals surface area contributed by atoms with E-state index in [1.807, 2.05) is 0 Å². The molecule has 3 rings (SSSR count). The highest BCUT2D eigenvalue weighted by Gasteiger charge is 2.48. The minimum Gasteiger partial charge on any atom is -0.490 e. The first-order valence-corrected chi connectivity index (χ1v) is 7.06. The van der Waals surface area contributed by atoms with E-state index in [0.717, 1.165) is 23.9 Å². The van der Waals surface area contributed by atoms with Crippen LogP contribution in [-0.4, -0.2) is 24.1 Å². The Morgan fingerprint density at radius 2 is 2.06 bits per heavy atom. The molecule has 1 heterocycles. The summed E-state index contributed by atoms with van der Waals surface area (Å²) in [6.45, 7) is 6.11. The molecule has 1 fully saturated rings. The average molecular weight is 266 g/mol. The highest BCUT2D eigenvalue weighted by molar-refractivity contribution is 6.32. The van der Waals surface area contributed by atoms with Gasteiger partial charge in [-0.25, -0.2) is 0 Å². The zero-order valence-electron chi connectivity index (χ0n) is 11.3. The summed E-state index contributed by atoms with van der Waals surface area (Å²) in [5.74, 6) is 1.40. The SMILES string of the molecule is CC(C)c1cc(Cl)c2c(c1)CN(C)C1(CC1)CO2. The van der Waals surface area contributed by atoms with E-state index in [0.29, 0.717) is 5.92 Å². The summed E-state index contributed by atoms with van der Waals surface area (Å²) in [6, 6.07) is 4.31. The van der Waals surface area contributed by atoms with Crippen LogP contribution >= 0.6 is 11.6 Å². The Morgan fingerprint density at radius 3 is 2.67 bits per heavy atom. The van der Waals surface area contributed by atoms with Gasteiger partial charge >= 0.3 is 0 Å². The predicted molar refractivity (Wildman–Crippen MR) is 74.5 cm³/mol. The molecular formula is C15H20ClNO. The lowest BCUT2D eigenvalue weighted by Crippen LogP contribution is -2.36. The molecule has 0 aromatic heterocycles. The second kappa shape index (κ2) is 4.14. The van der Waals surface area contributed by atoms with Crippen molar-refractivity contribution in [2.45, 2.75) is 44.7 Å². The van der Waals surface area contributed by atoms with Crippen molar-refractivity contribution in [3.63, 3.8) is 0 Å². The van der Waals surface area contributed by atoms with E-state index in [2.05, 4.69) is 37.9 Å². The molecule has 98 valence electrons. The third-order valence-electron chi connectivity index (χ3n) is 4.34. The Balaban J connectivity index is 2.01. The Kier molecular flexibility index (Phi) is 2.83. The number of benzene rings is 1. The number of rotatable bonds is 1. The minimum absolute atomic E-state index is 0.278. The summed E-state index contributed by atoms with van der Waals surface area (Å²) < 4.78 is 5.99. The summed E-state index contributed by atoms with van der Waals surface area (Å²) in [5.41, 5.74) is 2.81. The van der Waals surface area contributed by atoms with E-state index < -0.39 is 0 Å². The van der Waals surface area contributed by atoms with Gasteiger partial charge in [-0.05, 0) is 37.4 Å². The molecule has 0 N–H and O–H groups in total. The molecule has 3 heteroatoms. The van der Waals surface area contributed by atoms with Crippen LogP contribution in [-0.2, 0) is 6.54 Å². The maximum atomic E-state index is 6.38. The summed E-state index contributed by atoms with van der Waals surface area (Å²) in [5, 5.41) is 0.766. The molecule has 18 heavy (non-hydrogen) atoms. The molecule has 1 saturated carbocycles. The maximum Gasteiger partial charge on any atom is 0.142 e. The van der Waals surface area contributed by atoms with E-state index in [1.54, 1.807) is 0 Å². The van der Waals surface area contributed by atoms with E-state index in [-0.39, 0.29) is 5.54 Å². The van der Waals surface area contributed by atoms with E-state index in [4.69, 9.17) is 16.3 Å². The molecular weight excluding hydrogens is 246 g/mol. The normalized spacial score (nSPS) is 21.6. The van der Waals surface area contributed by atoms with Gasteiger partial charge in [0.05, 0.1) is 10.6 Å². The van der Waals surface area contributed by atoms with Gasteiger partial charge in [-0.1, -0.05) is 31.5 Å². The van der Waals surface area contributed by atoms with Gasteiger partial charge in [0.15, 0.2) is 0 Å². The van der Waals surface area contributed by atoms with Crippen molar-refractivity contribution in [1.82, 2.24) is 4.90 Å². The summed E-state index contributed by atoms with van der Waals surface area (Å²) in [6.07, 6.45) is 2.48. The molecule has 0 radical (unpaired) electrons. The van der Waals surface area contributed by atoms with Crippen molar-refractivity contribution < 1.29 is 4.74 Å². The smallest absolute Gasteiger partial charge is 0.142 e. The van der Waals surface area contributed by atoms with Crippen LogP contribution in [0.1, 0.15) is 43.7 Å². The van der Waals surface area contributed by atoms with Crippen LogP contribution in [0.3, 0.4) is 0 Å². The Labute approximate surface area is 114 Å². The lowest BCUT2D eigenvalue weighted by molar-refractivity contribution is 0.156. The van der Waals surface area contributed by atoms with Crippen LogP contribution in [0, 0.1) is 0 Å². The second-order valence-electron chi connectivity index (χ2n) is 6.01. The average Bonchev–Trinajstić information content (AvgIpc) is 3.09. The number of likely N-dealkylation sites (N-methyl/N-ethyl adjacent to an activating group) is 1. The van der Waals surface area contributed by atoms with Crippen LogP contribution in [0.4, 0.5) is 0 Å². The van der Waals surface area contributed by atoms with Crippen LogP contribution in [0.25, 0.3) is 0 Å². The first-order valence-electron chi connectivity index (χ1n) is 6.68. The monoisotopic (exact) mass is 265 g/mol. The Bertz CT molecular complexity index is 480. The first kappa shape index (κ1) is 12.3. The molecule has 0 bridgehead atoms. The molecule has 0 saturated heterocycles. The van der Waals surface area contributed by atoms with Gasteiger partial charge in [0.1, 0.15) is 12.4 Å². The number of halogens is 1. The second-order valence-corrected chi connectivity index (χ2v) is 6.42. The number of nitrogens with zero attached hydrogens (tertiary/aromatic N) is 1. The molecule has 1 aromatic carbocycles. The van der Waals surface area contributed by atoms with Crippen LogP contribution in [0.5, 0.6) is 5.75 Å². The Morgan fingerprint density at radius 1 is 1.33 bits per heavy atom. The molecule has 2 aliphatic rings. The van der Waals surface area contributed by atoms with Crippen molar-refractivity contribution in [3.8, 4) is 5.75 Å². The fourth-order valence-corrected chi connectivity index (χ4v) is 3.00. The van der Waals surface area contributed by atoms with E-state index in [9.17, 15) is 0 Å². The zero-order chi connectivity index (χ0) is 12.9. The zero-order valence-corrected chi connectivity index (χ0v) is 12.0. The van der Waals surface area contributed by atoms with Crippen molar-refractivity contribution in [2.75, 3.05) is 13.7 Å². The van der Waals surface area contributed by atoms with Crippen molar-refractivity contribution in [3.05, 3.63) is 28.3 Å². The summed E-state index contributed by atoms with van der Waals surface area (Å²) in [4.78, 5) is 2.43. The van der Waals surface area contributed by atoms with E-state index in [1.165, 1.54) is 24.0 Å². The number of hydrogen-bond acceptors (Lipinski definition) is 2. The minimum atomic E-state index is 0.278. The highest BCUT2D eigenvalue weighted by Crippen LogP contribution is 2.46. The third-order valence-corrected chi connectivity index (χ3v) is 4.62. The Hall–Kier alpha value is -0.730. The van der Waals surface area contributed by atoms with Crippen LogP contribution in [0.2, 0.25) is 5.02 Å². The molecule has 2 nitrogen and oxygen atoms in total. The first-order chi connectivity index (χ1) is 8.52. The standard InChI is InChI=1S/C15H20ClNO/c1-10(2)11-6-12-8-17(3)15(4-5-15)9-18-14(12)13(16)7-11/h6-7,10H,4-5,8-9H2,1-3H3. The maximum absolute atomic E-state index is 6.38. The lowest BCUT2D eigenvalue weighted by atomic mass is 10.00. The predicted octanol–water partition coefficient (Wildman–Crippen LogP) is 3.82. The van der Waals surface area contributed by atoms with Crippen molar-refractivity contribution in [2.24, 2.45) is 0 Å². The van der Waals surface area contributed by atoms with Gasteiger partial charge in [0.2, 0.25) is 0 Å². The topological polar surface area (TPSA) is 12.5 Å². The molecule has 0 amide bonds. The van der Waals surface area contributed by atoms with Crippen LogP contribution in [0.15, 0.2) is 12.1 Å². The van der Waals surface area contributed by atoms with Gasteiger partial charge < -0.3 is 4.74 Å². The molecule has 1 aliphatic heterocycles. The molecule has 1 aliphatic carbocycles. The number of fused-ring (bicyclic) bond motifs is 1. The van der Waals surface area contributed by atoms with Crippen molar-refractivity contribution >= 4 is 11.6 Å². The van der Waals surface area contributed by atoms with E-state index >= 15 is 0 Å². The van der Waals surface area contributed by atoms with Crippen LogP contribution < -0.4 is 4.74 Å². The molecule has 1 spiro atoms. The highest BCUT2D eigenvalue weighted by atomic mass is 35.5.